The molecule has 3 aromatic carbocycles. The number of rotatable bonds is 5. The van der Waals surface area contributed by atoms with Gasteiger partial charge in [-0.25, -0.2) is 0 Å². The summed E-state index contributed by atoms with van der Waals surface area (Å²) in [6, 6.07) is 22.2. The Hall–Kier alpha value is -4.26. The Morgan fingerprint density at radius 1 is 1.03 bits per heavy atom. The maximum Gasteiger partial charge on any atom is 0.291 e. The highest BCUT2D eigenvalue weighted by molar-refractivity contribution is 6.03. The average Bonchev–Trinajstić information content (AvgIpc) is 3.28. The number of ether oxygens (including phenoxy) is 2. The molecule has 0 bridgehead atoms. The molecule has 7 heteroatoms. The van der Waals surface area contributed by atoms with E-state index in [1.54, 1.807) is 37.3 Å². The Bertz CT molecular complexity index is 1330. The van der Waals surface area contributed by atoms with Crippen LogP contribution in [0.2, 0.25) is 0 Å². The standard InChI is InChI=1S/C25H20N2O5/c1-15-24(28)27-21-13-18(7-10-22(21)31-15)26-25(29)23-11-9-20(32-23)14-30-19-8-6-16-4-2-3-5-17(16)12-19/h2-13,15H,14H2,1H3,(H,26,29)(H,27,28). The summed E-state index contributed by atoms with van der Waals surface area (Å²) in [6.07, 6.45) is -0.554. The van der Waals surface area contributed by atoms with E-state index < -0.39 is 12.0 Å². The molecule has 0 spiro atoms. The first-order valence-electron chi connectivity index (χ1n) is 10.2. The Labute approximate surface area is 183 Å². The predicted molar refractivity (Wildman–Crippen MR) is 120 cm³/mol. The molecule has 1 aliphatic heterocycles. The van der Waals surface area contributed by atoms with Crippen LogP contribution in [0.15, 0.2) is 77.2 Å². The summed E-state index contributed by atoms with van der Waals surface area (Å²) in [4.78, 5) is 24.4. The third kappa shape index (κ3) is 4.00. The van der Waals surface area contributed by atoms with E-state index in [1.807, 2.05) is 42.5 Å². The number of benzene rings is 3. The van der Waals surface area contributed by atoms with Crippen LogP contribution in [-0.4, -0.2) is 17.9 Å². The van der Waals surface area contributed by atoms with E-state index in [9.17, 15) is 9.59 Å². The van der Waals surface area contributed by atoms with Crippen molar-refractivity contribution < 1.29 is 23.5 Å². The number of nitrogens with one attached hydrogen (secondary N) is 2. The van der Waals surface area contributed by atoms with Gasteiger partial charge in [-0.2, -0.15) is 0 Å². The van der Waals surface area contributed by atoms with Crippen LogP contribution >= 0.6 is 0 Å². The van der Waals surface area contributed by atoms with Gasteiger partial charge in [0.05, 0.1) is 5.69 Å². The molecule has 0 radical (unpaired) electrons. The molecule has 0 fully saturated rings. The summed E-state index contributed by atoms with van der Waals surface area (Å²) in [7, 11) is 0. The molecule has 32 heavy (non-hydrogen) atoms. The molecular formula is C25H20N2O5. The van der Waals surface area contributed by atoms with E-state index in [1.165, 1.54) is 0 Å². The average molecular weight is 428 g/mol. The molecule has 1 unspecified atom stereocenters. The number of amides is 2. The van der Waals surface area contributed by atoms with E-state index in [0.29, 0.717) is 22.9 Å². The number of hydrogen-bond donors (Lipinski definition) is 2. The third-order valence-corrected chi connectivity index (χ3v) is 5.16. The largest absolute Gasteiger partial charge is 0.486 e. The molecule has 1 aliphatic rings. The molecule has 0 aliphatic carbocycles. The fraction of sp³-hybridized carbons (Fsp3) is 0.120. The number of carbonyl (C=O) groups excluding carboxylic acids is 2. The van der Waals surface area contributed by atoms with Crippen LogP contribution in [-0.2, 0) is 11.4 Å². The minimum Gasteiger partial charge on any atom is -0.486 e. The van der Waals surface area contributed by atoms with Crippen molar-refractivity contribution in [2.45, 2.75) is 19.6 Å². The van der Waals surface area contributed by atoms with Crippen LogP contribution in [0.1, 0.15) is 23.2 Å². The minimum absolute atomic E-state index is 0.161. The second-order valence-electron chi connectivity index (χ2n) is 7.48. The number of anilines is 2. The topological polar surface area (TPSA) is 89.8 Å². The Morgan fingerprint density at radius 3 is 2.75 bits per heavy atom. The van der Waals surface area contributed by atoms with Gasteiger partial charge >= 0.3 is 0 Å². The molecule has 0 saturated heterocycles. The Balaban J connectivity index is 1.23. The molecule has 1 atom stereocenters. The number of hydrogen-bond acceptors (Lipinski definition) is 5. The van der Waals surface area contributed by atoms with Gasteiger partial charge in [0.2, 0.25) is 0 Å². The molecule has 7 nitrogen and oxygen atoms in total. The van der Waals surface area contributed by atoms with E-state index in [4.69, 9.17) is 13.9 Å². The van der Waals surface area contributed by atoms with Gasteiger partial charge in [0.15, 0.2) is 11.9 Å². The van der Waals surface area contributed by atoms with Crippen molar-refractivity contribution >= 4 is 34.0 Å². The van der Waals surface area contributed by atoms with Crippen LogP contribution < -0.4 is 20.1 Å². The second kappa shape index (κ2) is 8.11. The molecular weight excluding hydrogens is 408 g/mol. The minimum atomic E-state index is -0.554. The third-order valence-electron chi connectivity index (χ3n) is 5.16. The van der Waals surface area contributed by atoms with Crippen LogP contribution in [0.5, 0.6) is 11.5 Å². The van der Waals surface area contributed by atoms with Crippen molar-refractivity contribution in [3.63, 3.8) is 0 Å². The van der Waals surface area contributed by atoms with E-state index in [0.717, 1.165) is 16.5 Å². The summed E-state index contributed by atoms with van der Waals surface area (Å²) >= 11 is 0. The number of carbonyl (C=O) groups is 2. The fourth-order valence-corrected chi connectivity index (χ4v) is 3.47. The zero-order valence-electron chi connectivity index (χ0n) is 17.3. The molecule has 2 amide bonds. The zero-order valence-corrected chi connectivity index (χ0v) is 17.3. The fourth-order valence-electron chi connectivity index (χ4n) is 3.47. The van der Waals surface area contributed by atoms with E-state index in [2.05, 4.69) is 10.6 Å². The highest BCUT2D eigenvalue weighted by Crippen LogP contribution is 2.32. The van der Waals surface area contributed by atoms with Gasteiger partial charge in [-0.05, 0) is 60.2 Å². The maximum atomic E-state index is 12.6. The van der Waals surface area contributed by atoms with Crippen molar-refractivity contribution in [1.29, 1.82) is 0 Å². The van der Waals surface area contributed by atoms with E-state index >= 15 is 0 Å². The summed E-state index contributed by atoms with van der Waals surface area (Å²) in [5.74, 6) is 1.33. The summed E-state index contributed by atoms with van der Waals surface area (Å²) in [6.45, 7) is 1.87. The lowest BCUT2D eigenvalue weighted by atomic mass is 10.1. The van der Waals surface area contributed by atoms with Crippen molar-refractivity contribution in [3.05, 3.63) is 84.3 Å². The highest BCUT2D eigenvalue weighted by atomic mass is 16.5. The number of furan rings is 1. The maximum absolute atomic E-state index is 12.6. The van der Waals surface area contributed by atoms with E-state index in [-0.39, 0.29) is 18.3 Å². The first-order valence-corrected chi connectivity index (χ1v) is 10.2. The molecule has 4 aromatic rings. The molecule has 0 saturated carbocycles. The highest BCUT2D eigenvalue weighted by Gasteiger charge is 2.24. The van der Waals surface area contributed by atoms with Crippen molar-refractivity contribution in [2.75, 3.05) is 10.6 Å². The van der Waals surface area contributed by atoms with Crippen LogP contribution in [0.25, 0.3) is 10.8 Å². The molecule has 2 heterocycles. The van der Waals surface area contributed by atoms with Crippen molar-refractivity contribution in [3.8, 4) is 11.5 Å². The van der Waals surface area contributed by atoms with Gasteiger partial charge < -0.3 is 24.5 Å². The van der Waals surface area contributed by atoms with Crippen molar-refractivity contribution in [2.24, 2.45) is 0 Å². The molecule has 1 aromatic heterocycles. The van der Waals surface area contributed by atoms with Crippen LogP contribution in [0.3, 0.4) is 0 Å². The number of fused-ring (bicyclic) bond motifs is 2. The Morgan fingerprint density at radius 2 is 1.88 bits per heavy atom. The van der Waals surface area contributed by atoms with Gasteiger partial charge in [0.25, 0.3) is 11.8 Å². The van der Waals surface area contributed by atoms with Gasteiger partial charge in [-0.15, -0.1) is 0 Å². The lowest BCUT2D eigenvalue weighted by Gasteiger charge is -2.23. The normalized spacial score (nSPS) is 14.9. The first kappa shape index (κ1) is 19.7. The first-order chi connectivity index (χ1) is 15.5. The lowest BCUT2D eigenvalue weighted by molar-refractivity contribution is -0.122. The van der Waals surface area contributed by atoms with Gasteiger partial charge in [0.1, 0.15) is 23.9 Å². The SMILES string of the molecule is CC1Oc2ccc(NC(=O)c3ccc(COc4ccc5ccccc5c4)o3)cc2NC1=O. The van der Waals surface area contributed by atoms with Crippen LogP contribution in [0.4, 0.5) is 11.4 Å². The summed E-state index contributed by atoms with van der Waals surface area (Å²) in [5, 5.41) is 7.74. The van der Waals surface area contributed by atoms with Crippen molar-refractivity contribution in [1.82, 2.24) is 0 Å². The summed E-state index contributed by atoms with van der Waals surface area (Å²) < 4.78 is 17.0. The van der Waals surface area contributed by atoms with Gasteiger partial charge in [0, 0.05) is 5.69 Å². The molecule has 160 valence electrons. The smallest absolute Gasteiger partial charge is 0.291 e. The Kier molecular flexibility index (Phi) is 4.99. The monoisotopic (exact) mass is 428 g/mol. The molecule has 5 rings (SSSR count). The van der Waals surface area contributed by atoms with Crippen LogP contribution in [0, 0.1) is 0 Å². The second-order valence-corrected chi connectivity index (χ2v) is 7.48. The molecule has 2 N–H and O–H groups in total. The van der Waals surface area contributed by atoms with Gasteiger partial charge in [-0.3, -0.25) is 9.59 Å². The van der Waals surface area contributed by atoms with Gasteiger partial charge in [-0.1, -0.05) is 30.3 Å². The predicted octanol–water partition coefficient (Wildman–Crippen LogP) is 4.98. The quantitative estimate of drug-likeness (QED) is 0.468. The lowest BCUT2D eigenvalue weighted by Crippen LogP contribution is -2.34. The zero-order chi connectivity index (χ0) is 22.1. The summed E-state index contributed by atoms with van der Waals surface area (Å²) in [5.41, 5.74) is 1.02.